The summed E-state index contributed by atoms with van der Waals surface area (Å²) in [6.07, 6.45) is 0. The molecule has 0 spiro atoms. The second-order valence-corrected chi connectivity index (χ2v) is 7.33. The third-order valence-corrected chi connectivity index (χ3v) is 4.92. The molecule has 0 atom stereocenters. The Balaban J connectivity index is 2.56. The zero-order valence-electron chi connectivity index (χ0n) is 12.2. The molecule has 1 aliphatic rings. The maximum atomic E-state index is 13.5. The monoisotopic (exact) mass is 300 g/mol. The van der Waals surface area contributed by atoms with Crippen LogP contribution in [0.4, 0.5) is 3.89 Å². The van der Waals surface area contributed by atoms with E-state index in [4.69, 9.17) is 9.31 Å². The van der Waals surface area contributed by atoms with Gasteiger partial charge in [0.25, 0.3) is 0 Å². The maximum absolute atomic E-state index is 13.5. The van der Waals surface area contributed by atoms with Crippen LogP contribution in [0.5, 0.6) is 0 Å². The number of rotatable bonds is 2. The molecule has 110 valence electrons. The molecule has 0 aromatic heterocycles. The van der Waals surface area contributed by atoms with Crippen molar-refractivity contribution in [1.82, 2.24) is 0 Å². The average Bonchev–Trinajstić information content (AvgIpc) is 2.46. The van der Waals surface area contributed by atoms with E-state index in [1.54, 1.807) is 13.0 Å². The molecule has 7 heteroatoms. The van der Waals surface area contributed by atoms with Gasteiger partial charge in [0.1, 0.15) is 0 Å². The average molecular weight is 300 g/mol. The van der Waals surface area contributed by atoms with Crippen molar-refractivity contribution in [3.63, 3.8) is 0 Å². The van der Waals surface area contributed by atoms with E-state index in [9.17, 15) is 12.3 Å². The van der Waals surface area contributed by atoms with Crippen molar-refractivity contribution in [2.75, 3.05) is 0 Å². The van der Waals surface area contributed by atoms with E-state index in [0.29, 0.717) is 5.56 Å². The zero-order valence-corrected chi connectivity index (χ0v) is 13.0. The first kappa shape index (κ1) is 15.5. The van der Waals surface area contributed by atoms with Crippen LogP contribution >= 0.6 is 0 Å². The first-order valence-electron chi connectivity index (χ1n) is 6.35. The number of halogens is 1. The minimum absolute atomic E-state index is 0.230. The summed E-state index contributed by atoms with van der Waals surface area (Å²) in [5.74, 6) is 0. The molecule has 4 nitrogen and oxygen atoms in total. The van der Waals surface area contributed by atoms with Crippen LogP contribution in [0.3, 0.4) is 0 Å². The standard InChI is InChI=1S/C13H18BFO4S/c1-9-7-6-8-10(20(15,16)17)11(9)14-18-12(2,3)13(4,5)19-14/h6-8H,1-5H3. The summed E-state index contributed by atoms with van der Waals surface area (Å²) in [5.41, 5.74) is -0.384. The van der Waals surface area contributed by atoms with Crippen LogP contribution in [0, 0.1) is 6.92 Å². The summed E-state index contributed by atoms with van der Waals surface area (Å²) in [4.78, 5) is -0.393. The predicted octanol–water partition coefficient (Wildman–Crippen LogP) is 1.95. The second kappa shape index (κ2) is 4.54. The van der Waals surface area contributed by atoms with Crippen molar-refractivity contribution in [1.29, 1.82) is 0 Å². The molecule has 1 aliphatic heterocycles. The van der Waals surface area contributed by atoms with Gasteiger partial charge in [0.15, 0.2) is 0 Å². The van der Waals surface area contributed by atoms with E-state index in [2.05, 4.69) is 0 Å². The lowest BCUT2D eigenvalue weighted by Gasteiger charge is -2.32. The molecule has 2 rings (SSSR count). The predicted molar refractivity (Wildman–Crippen MR) is 75.2 cm³/mol. The third-order valence-electron chi connectivity index (χ3n) is 4.04. The molecule has 0 radical (unpaired) electrons. The Hall–Kier alpha value is -0.915. The highest BCUT2D eigenvalue weighted by atomic mass is 32.3. The van der Waals surface area contributed by atoms with Crippen LogP contribution in [-0.4, -0.2) is 26.7 Å². The van der Waals surface area contributed by atoms with Crippen LogP contribution in [0.15, 0.2) is 23.1 Å². The van der Waals surface area contributed by atoms with Gasteiger partial charge in [-0.3, -0.25) is 0 Å². The topological polar surface area (TPSA) is 52.6 Å². The Kier molecular flexibility index (Phi) is 3.52. The number of hydrogen-bond donors (Lipinski definition) is 0. The van der Waals surface area contributed by atoms with Crippen molar-refractivity contribution in [2.45, 2.75) is 50.7 Å². The largest absolute Gasteiger partial charge is 0.496 e. The van der Waals surface area contributed by atoms with Crippen molar-refractivity contribution >= 4 is 22.8 Å². The normalized spacial score (nSPS) is 21.2. The summed E-state index contributed by atoms with van der Waals surface area (Å²) < 4.78 is 47.7. The molecule has 1 aromatic rings. The van der Waals surface area contributed by atoms with Gasteiger partial charge in [0.05, 0.1) is 16.1 Å². The molecule has 0 unspecified atom stereocenters. The van der Waals surface area contributed by atoms with Crippen molar-refractivity contribution in [3.05, 3.63) is 23.8 Å². The molecular formula is C13H18BFO4S. The van der Waals surface area contributed by atoms with Crippen LogP contribution < -0.4 is 5.46 Å². The van der Waals surface area contributed by atoms with Gasteiger partial charge in [-0.2, -0.15) is 8.42 Å². The lowest BCUT2D eigenvalue weighted by Crippen LogP contribution is -2.41. The van der Waals surface area contributed by atoms with E-state index >= 15 is 0 Å². The second-order valence-electron chi connectivity index (χ2n) is 6.01. The number of aryl methyl sites for hydroxylation is 1. The Labute approximate surface area is 119 Å². The highest BCUT2D eigenvalue weighted by molar-refractivity contribution is 7.86. The molecule has 0 saturated carbocycles. The molecule has 1 heterocycles. The van der Waals surface area contributed by atoms with Crippen LogP contribution in [0.1, 0.15) is 33.3 Å². The number of hydrogen-bond acceptors (Lipinski definition) is 4. The first-order valence-corrected chi connectivity index (χ1v) is 7.74. The van der Waals surface area contributed by atoms with Crippen LogP contribution in [0.25, 0.3) is 0 Å². The smallest absolute Gasteiger partial charge is 0.399 e. The molecular weight excluding hydrogens is 282 g/mol. The van der Waals surface area contributed by atoms with E-state index < -0.39 is 33.4 Å². The lowest BCUT2D eigenvalue weighted by atomic mass is 9.76. The molecule has 1 fully saturated rings. The van der Waals surface area contributed by atoms with Crippen molar-refractivity contribution in [2.24, 2.45) is 0 Å². The minimum Gasteiger partial charge on any atom is -0.399 e. The molecule has 1 aromatic carbocycles. The van der Waals surface area contributed by atoms with Crippen molar-refractivity contribution < 1.29 is 21.6 Å². The van der Waals surface area contributed by atoms with E-state index in [0.717, 1.165) is 0 Å². The zero-order chi connectivity index (χ0) is 15.3. The minimum atomic E-state index is -4.83. The molecule has 0 amide bonds. The Morgan fingerprint density at radius 1 is 1.10 bits per heavy atom. The van der Waals surface area contributed by atoms with E-state index in [1.165, 1.54) is 12.1 Å². The molecule has 0 aliphatic carbocycles. The van der Waals surface area contributed by atoms with Crippen LogP contribution in [-0.2, 0) is 19.5 Å². The lowest BCUT2D eigenvalue weighted by molar-refractivity contribution is 0.00578. The fourth-order valence-electron chi connectivity index (χ4n) is 2.13. The van der Waals surface area contributed by atoms with E-state index in [1.807, 2.05) is 27.7 Å². The van der Waals surface area contributed by atoms with Gasteiger partial charge in [0.2, 0.25) is 0 Å². The fraction of sp³-hybridized carbons (Fsp3) is 0.538. The molecule has 1 saturated heterocycles. The van der Waals surface area contributed by atoms with Gasteiger partial charge in [-0.05, 0) is 46.2 Å². The first-order chi connectivity index (χ1) is 8.96. The van der Waals surface area contributed by atoms with Gasteiger partial charge in [-0.1, -0.05) is 12.1 Å². The summed E-state index contributed by atoms with van der Waals surface area (Å²) in [7, 11) is -5.73. The van der Waals surface area contributed by atoms with Crippen LogP contribution in [0.2, 0.25) is 0 Å². The SMILES string of the molecule is Cc1cccc(S(=O)(=O)F)c1B1OC(C)(C)C(C)(C)O1. The quantitative estimate of drug-likeness (QED) is 0.619. The highest BCUT2D eigenvalue weighted by Gasteiger charge is 2.53. The summed E-state index contributed by atoms with van der Waals surface area (Å²) in [5, 5.41) is 0. The Morgan fingerprint density at radius 2 is 1.60 bits per heavy atom. The molecule has 20 heavy (non-hydrogen) atoms. The third kappa shape index (κ3) is 2.50. The molecule has 0 N–H and O–H groups in total. The summed E-state index contributed by atoms with van der Waals surface area (Å²) in [6.45, 7) is 9.13. The fourth-order valence-corrected chi connectivity index (χ4v) is 2.89. The van der Waals surface area contributed by atoms with E-state index in [-0.39, 0.29) is 5.46 Å². The van der Waals surface area contributed by atoms with Gasteiger partial charge in [-0.25, -0.2) is 0 Å². The van der Waals surface area contributed by atoms with Gasteiger partial charge in [-0.15, -0.1) is 3.89 Å². The van der Waals surface area contributed by atoms with Gasteiger partial charge >= 0.3 is 17.3 Å². The van der Waals surface area contributed by atoms with Gasteiger partial charge < -0.3 is 9.31 Å². The van der Waals surface area contributed by atoms with Gasteiger partial charge in [0, 0.05) is 5.46 Å². The summed E-state index contributed by atoms with van der Waals surface area (Å²) in [6, 6.07) is 4.42. The number of benzene rings is 1. The Bertz CT molecular complexity index is 624. The molecule has 0 bridgehead atoms. The van der Waals surface area contributed by atoms with Crippen molar-refractivity contribution in [3.8, 4) is 0 Å². The Morgan fingerprint density at radius 3 is 2.05 bits per heavy atom. The summed E-state index contributed by atoms with van der Waals surface area (Å²) >= 11 is 0. The highest BCUT2D eigenvalue weighted by Crippen LogP contribution is 2.37. The maximum Gasteiger partial charge on any atom is 0.496 e.